The Kier molecular flexibility index (Phi) is 3.54. The van der Waals surface area contributed by atoms with Crippen molar-refractivity contribution in [3.63, 3.8) is 0 Å². The van der Waals surface area contributed by atoms with Crippen LogP contribution in [0.3, 0.4) is 0 Å². The number of anilines is 1. The molecule has 2 rings (SSSR count). The molecule has 1 amide bonds. The Morgan fingerprint density at radius 1 is 1.38 bits per heavy atom. The van der Waals surface area contributed by atoms with Gasteiger partial charge in [-0.1, -0.05) is 12.1 Å². The molecule has 0 atom stereocenters. The minimum absolute atomic E-state index is 0.0867. The van der Waals surface area contributed by atoms with Gasteiger partial charge in [-0.25, -0.2) is 5.90 Å². The summed E-state index contributed by atoms with van der Waals surface area (Å²) in [7, 11) is 0. The van der Waals surface area contributed by atoms with Gasteiger partial charge in [0.15, 0.2) is 0 Å². The first-order chi connectivity index (χ1) is 7.79. The molecule has 4 heteroatoms. The zero-order chi connectivity index (χ0) is 11.4. The molecule has 86 valence electrons. The molecule has 0 fully saturated rings. The van der Waals surface area contributed by atoms with Crippen LogP contribution in [0, 0.1) is 0 Å². The summed E-state index contributed by atoms with van der Waals surface area (Å²) >= 11 is 0. The highest BCUT2D eigenvalue weighted by atomic mass is 16.6. The van der Waals surface area contributed by atoms with Crippen molar-refractivity contribution < 1.29 is 9.63 Å². The van der Waals surface area contributed by atoms with E-state index < -0.39 is 0 Å². The molecule has 0 spiro atoms. The average Bonchev–Trinajstić information content (AvgIpc) is 2.64. The third kappa shape index (κ3) is 2.59. The molecule has 0 bridgehead atoms. The van der Waals surface area contributed by atoms with Gasteiger partial charge in [0.2, 0.25) is 5.91 Å². The lowest BCUT2D eigenvalue weighted by atomic mass is 10.0. The molecule has 1 aliphatic heterocycles. The van der Waals surface area contributed by atoms with Gasteiger partial charge in [-0.2, -0.15) is 0 Å². The molecule has 4 nitrogen and oxygen atoms in total. The normalized spacial score (nSPS) is 13.7. The molecule has 0 radical (unpaired) electrons. The van der Waals surface area contributed by atoms with Crippen LogP contribution in [0.5, 0.6) is 0 Å². The van der Waals surface area contributed by atoms with E-state index in [9.17, 15) is 4.79 Å². The summed E-state index contributed by atoms with van der Waals surface area (Å²) in [6, 6.07) is 6.15. The van der Waals surface area contributed by atoms with Gasteiger partial charge in [0.05, 0.1) is 13.0 Å². The molecular formula is C12H16N2O2. The van der Waals surface area contributed by atoms with Gasteiger partial charge < -0.3 is 10.2 Å². The quantitative estimate of drug-likeness (QED) is 0.582. The van der Waals surface area contributed by atoms with Crippen LogP contribution in [0.4, 0.5) is 5.69 Å². The summed E-state index contributed by atoms with van der Waals surface area (Å²) < 4.78 is 0. The minimum atomic E-state index is 0.0867. The van der Waals surface area contributed by atoms with Crippen molar-refractivity contribution in [2.45, 2.75) is 25.7 Å². The lowest BCUT2D eigenvalue weighted by molar-refractivity contribution is -0.115. The van der Waals surface area contributed by atoms with Crippen molar-refractivity contribution >= 4 is 11.6 Å². The summed E-state index contributed by atoms with van der Waals surface area (Å²) in [5, 5.41) is 2.83. The fraction of sp³-hybridized carbons (Fsp3) is 0.417. The SMILES string of the molecule is NOCCCCc1ccc2c(c1)CC(=O)N2. The first-order valence-corrected chi connectivity index (χ1v) is 5.53. The zero-order valence-electron chi connectivity index (χ0n) is 9.16. The Morgan fingerprint density at radius 2 is 2.25 bits per heavy atom. The predicted molar refractivity (Wildman–Crippen MR) is 61.9 cm³/mol. The molecule has 1 heterocycles. The van der Waals surface area contributed by atoms with Crippen LogP contribution in [0.25, 0.3) is 0 Å². The van der Waals surface area contributed by atoms with Crippen molar-refractivity contribution in [2.75, 3.05) is 11.9 Å². The fourth-order valence-electron chi connectivity index (χ4n) is 1.95. The Morgan fingerprint density at radius 3 is 3.06 bits per heavy atom. The van der Waals surface area contributed by atoms with Gasteiger partial charge in [-0.15, -0.1) is 0 Å². The Balaban J connectivity index is 1.92. The van der Waals surface area contributed by atoms with Gasteiger partial charge in [0.25, 0.3) is 0 Å². The summed E-state index contributed by atoms with van der Waals surface area (Å²) in [4.78, 5) is 15.7. The maximum atomic E-state index is 11.2. The summed E-state index contributed by atoms with van der Waals surface area (Å²) in [5.74, 6) is 5.04. The molecule has 3 N–H and O–H groups in total. The average molecular weight is 220 g/mol. The smallest absolute Gasteiger partial charge is 0.228 e. The van der Waals surface area contributed by atoms with Gasteiger partial charge >= 0.3 is 0 Å². The molecule has 0 saturated heterocycles. The molecule has 1 aromatic carbocycles. The van der Waals surface area contributed by atoms with Gasteiger partial charge in [-0.05, 0) is 36.5 Å². The van der Waals surface area contributed by atoms with Crippen LogP contribution in [0.15, 0.2) is 18.2 Å². The number of nitrogens with one attached hydrogen (secondary N) is 1. The second kappa shape index (κ2) is 5.09. The number of hydrogen-bond donors (Lipinski definition) is 2. The Labute approximate surface area is 94.7 Å². The number of rotatable bonds is 5. The van der Waals surface area contributed by atoms with Crippen molar-refractivity contribution in [3.05, 3.63) is 29.3 Å². The van der Waals surface area contributed by atoms with E-state index in [1.54, 1.807) is 0 Å². The van der Waals surface area contributed by atoms with Crippen LogP contribution in [-0.2, 0) is 22.5 Å². The number of fused-ring (bicyclic) bond motifs is 1. The first kappa shape index (κ1) is 11.1. The van der Waals surface area contributed by atoms with Gasteiger partial charge in [0.1, 0.15) is 0 Å². The fourth-order valence-corrected chi connectivity index (χ4v) is 1.95. The second-order valence-electron chi connectivity index (χ2n) is 4.04. The summed E-state index contributed by atoms with van der Waals surface area (Å²) in [5.41, 5.74) is 3.34. The molecule has 0 aliphatic carbocycles. The van der Waals surface area contributed by atoms with Crippen LogP contribution < -0.4 is 11.2 Å². The Hall–Kier alpha value is -1.39. The van der Waals surface area contributed by atoms with Crippen LogP contribution in [-0.4, -0.2) is 12.5 Å². The van der Waals surface area contributed by atoms with Crippen molar-refractivity contribution in [3.8, 4) is 0 Å². The maximum absolute atomic E-state index is 11.2. The van der Waals surface area contributed by atoms with Crippen LogP contribution >= 0.6 is 0 Å². The third-order valence-corrected chi connectivity index (χ3v) is 2.77. The Bertz CT molecular complexity index is 391. The topological polar surface area (TPSA) is 64.3 Å². The van der Waals surface area contributed by atoms with Gasteiger partial charge in [-0.3, -0.25) is 4.79 Å². The van der Waals surface area contributed by atoms with E-state index in [0.717, 1.165) is 30.5 Å². The van der Waals surface area contributed by atoms with Crippen molar-refractivity contribution in [1.29, 1.82) is 0 Å². The summed E-state index contributed by atoms with van der Waals surface area (Å²) in [6.45, 7) is 0.602. The molecule has 1 aromatic rings. The monoisotopic (exact) mass is 220 g/mol. The van der Waals surface area contributed by atoms with Crippen molar-refractivity contribution in [1.82, 2.24) is 0 Å². The largest absolute Gasteiger partial charge is 0.326 e. The molecule has 1 aliphatic rings. The molecular weight excluding hydrogens is 204 g/mol. The van der Waals surface area contributed by atoms with E-state index in [0.29, 0.717) is 13.0 Å². The number of unbranched alkanes of at least 4 members (excludes halogenated alkanes) is 1. The highest BCUT2D eigenvalue weighted by molar-refractivity contribution is 5.99. The minimum Gasteiger partial charge on any atom is -0.326 e. The van der Waals surface area contributed by atoms with Crippen molar-refractivity contribution in [2.24, 2.45) is 5.90 Å². The zero-order valence-corrected chi connectivity index (χ0v) is 9.16. The lowest BCUT2D eigenvalue weighted by Gasteiger charge is -2.04. The first-order valence-electron chi connectivity index (χ1n) is 5.53. The van der Waals surface area contributed by atoms with Crippen LogP contribution in [0.2, 0.25) is 0 Å². The van der Waals surface area contributed by atoms with E-state index in [2.05, 4.69) is 22.3 Å². The number of benzene rings is 1. The van der Waals surface area contributed by atoms with E-state index >= 15 is 0 Å². The third-order valence-electron chi connectivity index (χ3n) is 2.77. The number of amides is 1. The second-order valence-corrected chi connectivity index (χ2v) is 4.04. The van der Waals surface area contributed by atoms with E-state index in [-0.39, 0.29) is 5.91 Å². The number of aryl methyl sites for hydroxylation is 1. The predicted octanol–water partition coefficient (Wildman–Crippen LogP) is 1.39. The number of carbonyl (C=O) groups excluding carboxylic acids is 1. The highest BCUT2D eigenvalue weighted by Crippen LogP contribution is 2.24. The summed E-state index contributed by atoms with van der Waals surface area (Å²) in [6.07, 6.45) is 3.53. The number of hydrogen-bond acceptors (Lipinski definition) is 3. The molecule has 0 aromatic heterocycles. The van der Waals surface area contributed by atoms with E-state index in [1.165, 1.54) is 5.56 Å². The van der Waals surface area contributed by atoms with Gasteiger partial charge in [0, 0.05) is 5.69 Å². The van der Waals surface area contributed by atoms with E-state index in [4.69, 9.17) is 5.90 Å². The molecule has 0 saturated carbocycles. The molecule has 0 unspecified atom stereocenters. The number of nitrogens with two attached hydrogens (primary N) is 1. The maximum Gasteiger partial charge on any atom is 0.228 e. The standard InChI is InChI=1S/C12H16N2O2/c13-16-6-2-1-3-9-4-5-11-10(7-9)8-12(15)14-11/h4-5,7H,1-3,6,8,13H2,(H,14,15). The number of carbonyl (C=O) groups is 1. The lowest BCUT2D eigenvalue weighted by Crippen LogP contribution is -2.03. The van der Waals surface area contributed by atoms with Crippen LogP contribution in [0.1, 0.15) is 24.0 Å². The van der Waals surface area contributed by atoms with E-state index in [1.807, 2.05) is 6.07 Å². The molecule has 16 heavy (non-hydrogen) atoms. The highest BCUT2D eigenvalue weighted by Gasteiger charge is 2.16.